The van der Waals surface area contributed by atoms with E-state index in [1.807, 2.05) is 0 Å². The van der Waals surface area contributed by atoms with Crippen molar-refractivity contribution in [3.8, 4) is 0 Å². The van der Waals surface area contributed by atoms with Crippen LogP contribution in [0.1, 0.15) is 57.0 Å². The largest absolute Gasteiger partial charge is 0.282 e. The number of hydrogen-bond donors (Lipinski definition) is 1. The Balaban J connectivity index is 2.21. The fourth-order valence-corrected chi connectivity index (χ4v) is 4.45. The van der Waals surface area contributed by atoms with Crippen LogP contribution in [0.5, 0.6) is 0 Å². The summed E-state index contributed by atoms with van der Waals surface area (Å²) >= 11 is 0. The Labute approximate surface area is 134 Å². The van der Waals surface area contributed by atoms with Gasteiger partial charge >= 0.3 is 0 Å². The Morgan fingerprint density at radius 1 is 1.41 bits per heavy atom. The van der Waals surface area contributed by atoms with Crippen LogP contribution in [0, 0.1) is 11.8 Å². The summed E-state index contributed by atoms with van der Waals surface area (Å²) in [5.41, 5.74) is 3.77. The van der Waals surface area contributed by atoms with Crippen molar-refractivity contribution in [1.82, 2.24) is 14.5 Å². The van der Waals surface area contributed by atoms with E-state index >= 15 is 0 Å². The highest BCUT2D eigenvalue weighted by Gasteiger charge is 2.34. The van der Waals surface area contributed by atoms with E-state index in [2.05, 4.69) is 37.9 Å². The molecular weight excluding hydrogens is 298 g/mol. The van der Waals surface area contributed by atoms with Gasteiger partial charge in [-0.3, -0.25) is 5.10 Å². The molecule has 2 heterocycles. The summed E-state index contributed by atoms with van der Waals surface area (Å²) in [5, 5.41) is 7.84. The zero-order valence-electron chi connectivity index (χ0n) is 14.4. The van der Waals surface area contributed by atoms with Crippen molar-refractivity contribution in [2.45, 2.75) is 52.9 Å². The molecule has 126 valence electrons. The summed E-state index contributed by atoms with van der Waals surface area (Å²) in [6.07, 6.45) is 4.15. The van der Waals surface area contributed by atoms with Gasteiger partial charge in [-0.05, 0) is 36.7 Å². The molecule has 1 N–H and O–H groups in total. The number of piperidine rings is 1. The standard InChI is InChI=1S/C16H29N3O2S/c1-6-13-15(9-11(2)3)17-18-16(13)14-7-8-19(10-12(14)4)22(5,20)21/h11-12,14H,6-10H2,1-5H3,(H,17,18). The molecule has 5 nitrogen and oxygen atoms in total. The number of sulfonamides is 1. The normalized spacial score (nSPS) is 24.1. The summed E-state index contributed by atoms with van der Waals surface area (Å²) in [7, 11) is -3.09. The Morgan fingerprint density at radius 2 is 2.09 bits per heavy atom. The second-order valence-corrected chi connectivity index (χ2v) is 8.99. The van der Waals surface area contributed by atoms with Crippen LogP contribution in [-0.4, -0.2) is 42.3 Å². The highest BCUT2D eigenvalue weighted by molar-refractivity contribution is 7.88. The summed E-state index contributed by atoms with van der Waals surface area (Å²) in [6.45, 7) is 9.94. The lowest BCUT2D eigenvalue weighted by Crippen LogP contribution is -2.41. The molecule has 1 fully saturated rings. The van der Waals surface area contributed by atoms with E-state index in [4.69, 9.17) is 0 Å². The van der Waals surface area contributed by atoms with E-state index < -0.39 is 10.0 Å². The zero-order valence-corrected chi connectivity index (χ0v) is 15.2. The highest BCUT2D eigenvalue weighted by atomic mass is 32.2. The third-order valence-corrected chi connectivity index (χ3v) is 5.91. The lowest BCUT2D eigenvalue weighted by atomic mass is 9.82. The maximum atomic E-state index is 11.7. The molecule has 2 unspecified atom stereocenters. The predicted molar refractivity (Wildman–Crippen MR) is 89.4 cm³/mol. The van der Waals surface area contributed by atoms with Crippen molar-refractivity contribution in [3.05, 3.63) is 17.0 Å². The van der Waals surface area contributed by atoms with Gasteiger partial charge < -0.3 is 0 Å². The third-order valence-electron chi connectivity index (χ3n) is 4.64. The number of nitrogens with zero attached hydrogens (tertiary/aromatic N) is 2. The minimum absolute atomic E-state index is 0.295. The van der Waals surface area contributed by atoms with Crippen LogP contribution in [0.15, 0.2) is 0 Å². The molecule has 2 atom stereocenters. The second-order valence-electron chi connectivity index (χ2n) is 7.01. The maximum Gasteiger partial charge on any atom is 0.211 e. The minimum Gasteiger partial charge on any atom is -0.282 e. The summed E-state index contributed by atoms with van der Waals surface area (Å²) in [6, 6.07) is 0. The molecule has 0 bridgehead atoms. The van der Waals surface area contributed by atoms with Gasteiger partial charge in [0.25, 0.3) is 0 Å². The van der Waals surface area contributed by atoms with Gasteiger partial charge in [0.15, 0.2) is 0 Å². The Kier molecular flexibility index (Phi) is 5.33. The third kappa shape index (κ3) is 3.71. The highest BCUT2D eigenvalue weighted by Crippen LogP contribution is 2.35. The fourth-order valence-electron chi connectivity index (χ4n) is 3.51. The molecule has 1 aromatic rings. The van der Waals surface area contributed by atoms with Crippen LogP contribution in [0.3, 0.4) is 0 Å². The van der Waals surface area contributed by atoms with E-state index in [0.29, 0.717) is 30.8 Å². The van der Waals surface area contributed by atoms with E-state index in [1.165, 1.54) is 23.2 Å². The van der Waals surface area contributed by atoms with Gasteiger partial charge in [-0.2, -0.15) is 5.10 Å². The number of rotatable bonds is 5. The smallest absolute Gasteiger partial charge is 0.211 e. The monoisotopic (exact) mass is 327 g/mol. The van der Waals surface area contributed by atoms with Crippen LogP contribution < -0.4 is 0 Å². The number of H-pyrrole nitrogens is 1. The Hall–Kier alpha value is -0.880. The van der Waals surface area contributed by atoms with Crippen LogP contribution in [0.25, 0.3) is 0 Å². The SMILES string of the molecule is CCc1c(C2CCN(S(C)(=O)=O)CC2C)n[nH]c1CC(C)C. The summed E-state index contributed by atoms with van der Waals surface area (Å²) in [4.78, 5) is 0. The molecular formula is C16H29N3O2S. The molecule has 1 aliphatic rings. The molecule has 0 aliphatic carbocycles. The molecule has 0 radical (unpaired) electrons. The Morgan fingerprint density at radius 3 is 2.59 bits per heavy atom. The molecule has 22 heavy (non-hydrogen) atoms. The van der Waals surface area contributed by atoms with Gasteiger partial charge in [0.05, 0.1) is 11.9 Å². The first kappa shape index (κ1) is 17.5. The number of aromatic amines is 1. The number of hydrogen-bond acceptors (Lipinski definition) is 3. The second kappa shape index (κ2) is 6.71. The van der Waals surface area contributed by atoms with Gasteiger partial charge in [-0.1, -0.05) is 27.7 Å². The molecule has 0 amide bonds. The molecule has 2 rings (SSSR count). The van der Waals surface area contributed by atoms with Crippen molar-refractivity contribution < 1.29 is 8.42 Å². The van der Waals surface area contributed by atoms with Gasteiger partial charge in [0.2, 0.25) is 10.0 Å². The van der Waals surface area contributed by atoms with Crippen molar-refractivity contribution in [3.63, 3.8) is 0 Å². The van der Waals surface area contributed by atoms with E-state index in [1.54, 1.807) is 4.31 Å². The van der Waals surface area contributed by atoms with Gasteiger partial charge in [-0.25, -0.2) is 12.7 Å². The predicted octanol–water partition coefficient (Wildman–Crippen LogP) is 2.56. The number of nitrogens with one attached hydrogen (secondary N) is 1. The number of aromatic nitrogens is 2. The minimum atomic E-state index is -3.09. The molecule has 0 saturated carbocycles. The van der Waals surface area contributed by atoms with Crippen LogP contribution in [0.2, 0.25) is 0 Å². The van der Waals surface area contributed by atoms with E-state index in [9.17, 15) is 8.42 Å². The first-order valence-electron chi connectivity index (χ1n) is 8.25. The average Bonchev–Trinajstić information content (AvgIpc) is 2.79. The summed E-state index contributed by atoms with van der Waals surface area (Å²) in [5.74, 6) is 1.25. The maximum absolute atomic E-state index is 11.7. The van der Waals surface area contributed by atoms with Crippen molar-refractivity contribution in [1.29, 1.82) is 0 Å². The molecule has 1 saturated heterocycles. The average molecular weight is 327 g/mol. The van der Waals surface area contributed by atoms with Crippen LogP contribution in [0.4, 0.5) is 0 Å². The molecule has 0 aromatic carbocycles. The van der Waals surface area contributed by atoms with Crippen molar-refractivity contribution in [2.24, 2.45) is 11.8 Å². The van der Waals surface area contributed by atoms with E-state index in [0.717, 1.165) is 19.3 Å². The lowest BCUT2D eigenvalue weighted by Gasteiger charge is -2.35. The molecule has 1 aromatic heterocycles. The van der Waals surface area contributed by atoms with Gasteiger partial charge in [0.1, 0.15) is 0 Å². The molecule has 1 aliphatic heterocycles. The molecule has 6 heteroatoms. The topological polar surface area (TPSA) is 66.1 Å². The zero-order chi connectivity index (χ0) is 16.5. The first-order valence-corrected chi connectivity index (χ1v) is 10.1. The van der Waals surface area contributed by atoms with Gasteiger partial charge in [-0.15, -0.1) is 0 Å². The summed E-state index contributed by atoms with van der Waals surface area (Å²) < 4.78 is 25.1. The lowest BCUT2D eigenvalue weighted by molar-refractivity contribution is 0.246. The quantitative estimate of drug-likeness (QED) is 0.904. The van der Waals surface area contributed by atoms with Crippen molar-refractivity contribution >= 4 is 10.0 Å². The van der Waals surface area contributed by atoms with Crippen LogP contribution in [-0.2, 0) is 22.9 Å². The van der Waals surface area contributed by atoms with Gasteiger partial charge in [0, 0.05) is 24.7 Å². The van der Waals surface area contributed by atoms with E-state index in [-0.39, 0.29) is 0 Å². The fraction of sp³-hybridized carbons (Fsp3) is 0.812. The van der Waals surface area contributed by atoms with Crippen molar-refractivity contribution in [2.75, 3.05) is 19.3 Å². The Bertz CT molecular complexity index is 607. The first-order chi connectivity index (χ1) is 10.2. The van der Waals surface area contributed by atoms with Crippen LogP contribution >= 0.6 is 0 Å². The molecule has 0 spiro atoms.